The number of rotatable bonds is 7. The normalized spacial score (nSPS) is 15.1. The predicted octanol–water partition coefficient (Wildman–Crippen LogP) is 3.98. The lowest BCUT2D eigenvalue weighted by molar-refractivity contribution is -0.153. The second-order valence-corrected chi connectivity index (χ2v) is 10.3. The van der Waals surface area contributed by atoms with Crippen molar-refractivity contribution in [1.82, 2.24) is 4.31 Å². The first-order valence-corrected chi connectivity index (χ1v) is 13.0. The Balaban J connectivity index is 1.34. The van der Waals surface area contributed by atoms with E-state index < -0.39 is 27.7 Å². The molecule has 0 aromatic heterocycles. The number of likely N-dealkylation sites (N-methyl/N-ethyl adjacent to an activating group) is 1. The van der Waals surface area contributed by atoms with Crippen LogP contribution in [0.2, 0.25) is 0 Å². The van der Waals surface area contributed by atoms with E-state index in [1.165, 1.54) is 16.4 Å². The molecule has 9 heteroatoms. The monoisotopic (exact) mass is 498 g/mol. The molecule has 0 unspecified atom stereocenters. The van der Waals surface area contributed by atoms with Gasteiger partial charge in [0.1, 0.15) is 5.82 Å². The van der Waals surface area contributed by atoms with Crippen LogP contribution in [0.1, 0.15) is 19.8 Å². The van der Waals surface area contributed by atoms with Gasteiger partial charge < -0.3 is 9.64 Å². The number of piperidine rings is 1. The highest BCUT2D eigenvalue weighted by Gasteiger charge is 2.33. The fourth-order valence-electron chi connectivity index (χ4n) is 4.34. The quantitative estimate of drug-likeness (QED) is 0.460. The summed E-state index contributed by atoms with van der Waals surface area (Å²) in [4.78, 5) is 27.1. The third kappa shape index (κ3) is 5.36. The van der Waals surface area contributed by atoms with Crippen LogP contribution in [-0.2, 0) is 24.3 Å². The van der Waals surface area contributed by atoms with E-state index in [1.54, 1.807) is 4.90 Å². The minimum Gasteiger partial charge on any atom is -0.455 e. The number of sulfonamides is 1. The first-order chi connectivity index (χ1) is 16.8. The molecule has 1 fully saturated rings. The zero-order valence-corrected chi connectivity index (χ0v) is 20.2. The summed E-state index contributed by atoms with van der Waals surface area (Å²) in [5.74, 6) is -1.84. The van der Waals surface area contributed by atoms with E-state index in [-0.39, 0.29) is 43.3 Å². The number of hydrogen-bond donors (Lipinski definition) is 0. The van der Waals surface area contributed by atoms with Crippen LogP contribution in [0.3, 0.4) is 0 Å². The highest BCUT2D eigenvalue weighted by atomic mass is 32.2. The van der Waals surface area contributed by atoms with Gasteiger partial charge in [-0.15, -0.1) is 0 Å². The van der Waals surface area contributed by atoms with E-state index in [2.05, 4.69) is 0 Å². The molecule has 0 radical (unpaired) electrons. The summed E-state index contributed by atoms with van der Waals surface area (Å²) in [5.41, 5.74) is 0.756. The van der Waals surface area contributed by atoms with Crippen molar-refractivity contribution in [2.24, 2.45) is 5.92 Å². The van der Waals surface area contributed by atoms with Crippen LogP contribution in [0.4, 0.5) is 10.1 Å². The Kier molecular flexibility index (Phi) is 7.47. The number of benzene rings is 3. The second kappa shape index (κ2) is 10.5. The molecule has 184 valence electrons. The van der Waals surface area contributed by atoms with E-state index in [4.69, 9.17) is 4.74 Å². The molecule has 3 aromatic carbocycles. The van der Waals surface area contributed by atoms with Gasteiger partial charge in [0, 0.05) is 25.0 Å². The molecular formula is C26H27FN2O5S. The first-order valence-electron chi connectivity index (χ1n) is 11.5. The topological polar surface area (TPSA) is 84.0 Å². The van der Waals surface area contributed by atoms with Crippen LogP contribution in [0, 0.1) is 11.7 Å². The zero-order chi connectivity index (χ0) is 25.0. The average Bonchev–Trinajstić information content (AvgIpc) is 2.88. The number of hydrogen-bond acceptors (Lipinski definition) is 5. The number of nitrogens with zero attached hydrogens (tertiary/aromatic N) is 2. The highest BCUT2D eigenvalue weighted by molar-refractivity contribution is 7.89. The lowest BCUT2D eigenvalue weighted by Gasteiger charge is -2.30. The SMILES string of the molecule is CCN(C(=O)COC(=O)C1CCN(S(=O)(=O)c2ccc(F)cc2)CC1)c1cccc2ccccc12. The smallest absolute Gasteiger partial charge is 0.309 e. The van der Waals surface area contributed by atoms with Gasteiger partial charge in [-0.3, -0.25) is 9.59 Å². The van der Waals surface area contributed by atoms with Crippen molar-refractivity contribution in [3.8, 4) is 0 Å². The molecular weight excluding hydrogens is 471 g/mol. The molecule has 0 atom stereocenters. The number of amides is 1. The van der Waals surface area contributed by atoms with Crippen LogP contribution >= 0.6 is 0 Å². The molecule has 4 rings (SSSR count). The summed E-state index contributed by atoms with van der Waals surface area (Å²) in [7, 11) is -3.76. The van der Waals surface area contributed by atoms with Gasteiger partial charge in [-0.25, -0.2) is 12.8 Å². The summed E-state index contributed by atoms with van der Waals surface area (Å²) < 4.78 is 45.3. The molecule has 0 spiro atoms. The van der Waals surface area contributed by atoms with Gasteiger partial charge in [-0.2, -0.15) is 4.31 Å². The summed E-state index contributed by atoms with van der Waals surface area (Å²) in [6, 6.07) is 18.1. The molecule has 0 saturated carbocycles. The van der Waals surface area contributed by atoms with E-state index in [0.29, 0.717) is 6.54 Å². The van der Waals surface area contributed by atoms with Crippen LogP contribution in [0.5, 0.6) is 0 Å². The fourth-order valence-corrected chi connectivity index (χ4v) is 5.81. The number of carbonyl (C=O) groups is 2. The number of esters is 1. The van der Waals surface area contributed by atoms with E-state index in [9.17, 15) is 22.4 Å². The molecule has 35 heavy (non-hydrogen) atoms. The molecule has 3 aromatic rings. The van der Waals surface area contributed by atoms with E-state index in [1.807, 2.05) is 49.4 Å². The number of fused-ring (bicyclic) bond motifs is 1. The molecule has 1 saturated heterocycles. The zero-order valence-electron chi connectivity index (χ0n) is 19.4. The van der Waals surface area contributed by atoms with Gasteiger partial charge in [0.25, 0.3) is 5.91 Å². The van der Waals surface area contributed by atoms with Crippen molar-refractivity contribution in [2.75, 3.05) is 31.1 Å². The summed E-state index contributed by atoms with van der Waals surface area (Å²) in [6.07, 6.45) is 0.572. The van der Waals surface area contributed by atoms with E-state index >= 15 is 0 Å². The van der Waals surface area contributed by atoms with E-state index in [0.717, 1.165) is 28.6 Å². The third-order valence-corrected chi connectivity index (χ3v) is 8.16. The minimum atomic E-state index is -3.76. The van der Waals surface area contributed by atoms with Crippen molar-refractivity contribution < 1.29 is 27.1 Å². The summed E-state index contributed by atoms with van der Waals surface area (Å²) >= 11 is 0. The highest BCUT2D eigenvalue weighted by Crippen LogP contribution is 2.28. The second-order valence-electron chi connectivity index (χ2n) is 8.38. The number of anilines is 1. The van der Waals surface area contributed by atoms with Crippen molar-refractivity contribution in [3.05, 3.63) is 72.5 Å². The maximum absolute atomic E-state index is 13.1. The Bertz CT molecular complexity index is 1310. The van der Waals surface area contributed by atoms with Crippen LogP contribution in [0.15, 0.2) is 71.6 Å². The standard InChI is InChI=1S/C26H27FN2O5S/c1-2-29(24-9-5-7-19-6-3-4-8-23(19)24)25(30)18-34-26(31)20-14-16-28(17-15-20)35(32,33)22-12-10-21(27)11-13-22/h3-13,20H,2,14-18H2,1H3. The van der Waals surface area contributed by atoms with Gasteiger partial charge in [0.2, 0.25) is 10.0 Å². The molecule has 0 N–H and O–H groups in total. The maximum Gasteiger partial charge on any atom is 0.309 e. The number of ether oxygens (including phenoxy) is 1. The average molecular weight is 499 g/mol. The fraction of sp³-hybridized carbons (Fsp3) is 0.308. The molecule has 0 aliphatic carbocycles. The number of halogens is 1. The molecule has 1 amide bonds. The maximum atomic E-state index is 13.1. The van der Waals surface area contributed by atoms with Crippen LogP contribution in [-0.4, -0.2) is 50.8 Å². The lowest BCUT2D eigenvalue weighted by atomic mass is 9.98. The number of carbonyl (C=O) groups excluding carboxylic acids is 2. The van der Waals surface area contributed by atoms with Gasteiger partial charge in [0.05, 0.1) is 16.5 Å². The van der Waals surface area contributed by atoms with Crippen LogP contribution in [0.25, 0.3) is 10.8 Å². The molecule has 7 nitrogen and oxygen atoms in total. The minimum absolute atomic E-state index is 0.0126. The molecule has 1 aliphatic rings. The first kappa shape index (κ1) is 24.8. The van der Waals surface area contributed by atoms with Crippen molar-refractivity contribution in [2.45, 2.75) is 24.7 Å². The van der Waals surface area contributed by atoms with Gasteiger partial charge in [0.15, 0.2) is 6.61 Å². The Labute approximate surface area is 204 Å². The van der Waals surface area contributed by atoms with Gasteiger partial charge in [-0.1, -0.05) is 36.4 Å². The van der Waals surface area contributed by atoms with Gasteiger partial charge in [-0.05, 0) is 55.5 Å². The summed E-state index contributed by atoms with van der Waals surface area (Å²) in [6.45, 7) is 2.18. The lowest BCUT2D eigenvalue weighted by Crippen LogP contribution is -2.41. The Morgan fingerprint density at radius 3 is 2.34 bits per heavy atom. The Morgan fingerprint density at radius 1 is 1.00 bits per heavy atom. The van der Waals surface area contributed by atoms with Crippen LogP contribution < -0.4 is 4.90 Å². The Hall–Kier alpha value is -3.30. The molecule has 0 bridgehead atoms. The largest absolute Gasteiger partial charge is 0.455 e. The van der Waals surface area contributed by atoms with Gasteiger partial charge >= 0.3 is 5.97 Å². The third-order valence-electron chi connectivity index (χ3n) is 6.25. The Morgan fingerprint density at radius 2 is 1.66 bits per heavy atom. The summed E-state index contributed by atoms with van der Waals surface area (Å²) in [5, 5.41) is 1.95. The predicted molar refractivity (Wildman–Crippen MR) is 131 cm³/mol. The van der Waals surface area contributed by atoms with Crippen molar-refractivity contribution >= 4 is 38.4 Å². The molecule has 1 heterocycles. The van der Waals surface area contributed by atoms with Crippen molar-refractivity contribution in [1.29, 1.82) is 0 Å². The molecule has 1 aliphatic heterocycles. The van der Waals surface area contributed by atoms with Crippen molar-refractivity contribution in [3.63, 3.8) is 0 Å².